The maximum Gasteiger partial charge on any atom is 0.240 e. The molecular formula is C19H21Cl3N2O3S2. The molecule has 0 aliphatic carbocycles. The minimum Gasteiger partial charge on any atom is -0.354 e. The van der Waals surface area contributed by atoms with Gasteiger partial charge in [-0.3, -0.25) is 9.10 Å². The van der Waals surface area contributed by atoms with Crippen LogP contribution in [0.25, 0.3) is 0 Å². The number of halogens is 3. The van der Waals surface area contributed by atoms with Gasteiger partial charge in [0, 0.05) is 17.3 Å². The van der Waals surface area contributed by atoms with Gasteiger partial charge in [-0.25, -0.2) is 8.42 Å². The molecule has 2 aromatic carbocycles. The average molecular weight is 496 g/mol. The van der Waals surface area contributed by atoms with E-state index in [2.05, 4.69) is 5.32 Å². The van der Waals surface area contributed by atoms with Gasteiger partial charge in [0.15, 0.2) is 0 Å². The second-order valence-electron chi connectivity index (χ2n) is 6.19. The van der Waals surface area contributed by atoms with Crippen LogP contribution >= 0.6 is 46.6 Å². The normalized spacial score (nSPS) is 11.3. The summed E-state index contributed by atoms with van der Waals surface area (Å²) in [5, 5.41) is 3.79. The van der Waals surface area contributed by atoms with Crippen molar-refractivity contribution in [2.75, 3.05) is 29.4 Å². The first-order chi connectivity index (χ1) is 13.7. The zero-order chi connectivity index (χ0) is 21.4. The fraction of sp³-hybridized carbons (Fsp3) is 0.316. The van der Waals surface area contributed by atoms with Crippen LogP contribution in [-0.2, 0) is 20.6 Å². The van der Waals surface area contributed by atoms with Crippen molar-refractivity contribution in [3.05, 3.63) is 63.1 Å². The van der Waals surface area contributed by atoms with Crippen LogP contribution in [0.2, 0.25) is 15.1 Å². The van der Waals surface area contributed by atoms with E-state index in [1.54, 1.807) is 23.9 Å². The zero-order valence-electron chi connectivity index (χ0n) is 15.7. The molecule has 0 bridgehead atoms. The average Bonchev–Trinajstić information content (AvgIpc) is 2.65. The number of benzene rings is 2. The lowest BCUT2D eigenvalue weighted by Gasteiger charge is -2.23. The van der Waals surface area contributed by atoms with E-state index in [1.807, 2.05) is 24.3 Å². The van der Waals surface area contributed by atoms with Crippen molar-refractivity contribution in [2.45, 2.75) is 12.2 Å². The Kier molecular flexibility index (Phi) is 9.43. The Bertz CT molecular complexity index is 955. The number of nitrogens with one attached hydrogen (secondary N) is 1. The molecule has 1 N–H and O–H groups in total. The molecule has 2 rings (SSSR count). The van der Waals surface area contributed by atoms with E-state index in [0.717, 1.165) is 39.1 Å². The monoisotopic (exact) mass is 494 g/mol. The summed E-state index contributed by atoms with van der Waals surface area (Å²) in [4.78, 5) is 12.3. The Balaban J connectivity index is 1.82. The molecule has 0 heterocycles. The van der Waals surface area contributed by atoms with Crippen molar-refractivity contribution in [3.63, 3.8) is 0 Å². The molecule has 0 saturated carbocycles. The SMILES string of the molecule is CS(=O)(=O)N(CC(=O)NCCCSCc1ccccc1Cl)c1cccc(Cl)c1Cl. The van der Waals surface area contributed by atoms with Gasteiger partial charge >= 0.3 is 0 Å². The van der Waals surface area contributed by atoms with Gasteiger partial charge in [0.25, 0.3) is 0 Å². The zero-order valence-corrected chi connectivity index (χ0v) is 19.6. The Morgan fingerprint density at radius 1 is 1.07 bits per heavy atom. The van der Waals surface area contributed by atoms with Crippen molar-refractivity contribution in [1.29, 1.82) is 0 Å². The number of sulfonamides is 1. The number of anilines is 1. The molecule has 0 aromatic heterocycles. The van der Waals surface area contributed by atoms with Crippen LogP contribution in [0.15, 0.2) is 42.5 Å². The smallest absolute Gasteiger partial charge is 0.240 e. The van der Waals surface area contributed by atoms with Crippen LogP contribution < -0.4 is 9.62 Å². The highest BCUT2D eigenvalue weighted by Gasteiger charge is 2.23. The number of carbonyl (C=O) groups excluding carboxylic acids is 1. The molecule has 2 aromatic rings. The Hall–Kier alpha value is -1.12. The number of hydrogen-bond acceptors (Lipinski definition) is 4. The van der Waals surface area contributed by atoms with Crippen LogP contribution in [0.1, 0.15) is 12.0 Å². The van der Waals surface area contributed by atoms with Gasteiger partial charge in [0.1, 0.15) is 6.54 Å². The number of hydrogen-bond donors (Lipinski definition) is 1. The maximum absolute atomic E-state index is 12.3. The molecule has 0 spiro atoms. The highest BCUT2D eigenvalue weighted by atomic mass is 35.5. The van der Waals surface area contributed by atoms with E-state index in [-0.39, 0.29) is 22.3 Å². The minimum absolute atomic E-state index is 0.0864. The van der Waals surface area contributed by atoms with Crippen LogP contribution in [0.5, 0.6) is 0 Å². The van der Waals surface area contributed by atoms with Crippen molar-refractivity contribution in [2.24, 2.45) is 0 Å². The van der Waals surface area contributed by atoms with Crippen molar-refractivity contribution in [3.8, 4) is 0 Å². The van der Waals surface area contributed by atoms with E-state index in [9.17, 15) is 13.2 Å². The summed E-state index contributed by atoms with van der Waals surface area (Å²) in [6.07, 6.45) is 1.76. The van der Waals surface area contributed by atoms with Gasteiger partial charge in [0.2, 0.25) is 15.9 Å². The number of carbonyl (C=O) groups is 1. The summed E-state index contributed by atoms with van der Waals surface area (Å²) in [5.74, 6) is 1.21. The molecule has 0 fully saturated rings. The second-order valence-corrected chi connectivity index (χ2v) is 10.4. The molecule has 0 unspecified atom stereocenters. The summed E-state index contributed by atoms with van der Waals surface area (Å²) in [5.41, 5.74) is 1.25. The van der Waals surface area contributed by atoms with E-state index in [0.29, 0.717) is 6.54 Å². The second kappa shape index (κ2) is 11.3. The van der Waals surface area contributed by atoms with Crippen molar-refractivity contribution >= 4 is 68.2 Å². The van der Waals surface area contributed by atoms with E-state index in [4.69, 9.17) is 34.8 Å². The third-order valence-corrected chi connectivity index (χ3v) is 7.29. The fourth-order valence-electron chi connectivity index (χ4n) is 2.45. The Labute approximate surface area is 190 Å². The summed E-state index contributed by atoms with van der Waals surface area (Å²) in [6, 6.07) is 12.3. The largest absolute Gasteiger partial charge is 0.354 e. The quantitative estimate of drug-likeness (QED) is 0.478. The third-order valence-electron chi connectivity index (χ3n) is 3.89. The van der Waals surface area contributed by atoms with Gasteiger partial charge in [0.05, 0.1) is 22.0 Å². The van der Waals surface area contributed by atoms with Crippen molar-refractivity contribution < 1.29 is 13.2 Å². The Morgan fingerprint density at radius 2 is 1.76 bits per heavy atom. The molecule has 0 saturated heterocycles. The predicted molar refractivity (Wildman–Crippen MR) is 124 cm³/mol. The number of thioether (sulfide) groups is 1. The summed E-state index contributed by atoms with van der Waals surface area (Å²) in [7, 11) is -3.71. The number of nitrogens with zero attached hydrogens (tertiary/aromatic N) is 1. The lowest BCUT2D eigenvalue weighted by molar-refractivity contribution is -0.119. The molecule has 10 heteroatoms. The van der Waals surface area contributed by atoms with Gasteiger partial charge in [-0.15, -0.1) is 0 Å². The molecule has 0 atom stereocenters. The van der Waals surface area contributed by atoms with E-state index in [1.165, 1.54) is 6.07 Å². The predicted octanol–water partition coefficient (Wildman–Crippen LogP) is 4.85. The topological polar surface area (TPSA) is 66.5 Å². The van der Waals surface area contributed by atoms with E-state index < -0.39 is 15.9 Å². The van der Waals surface area contributed by atoms with Crippen LogP contribution in [0, 0.1) is 0 Å². The van der Waals surface area contributed by atoms with Crippen LogP contribution in [-0.4, -0.2) is 39.4 Å². The first-order valence-corrected chi connectivity index (χ1v) is 12.8. The summed E-state index contributed by atoms with van der Waals surface area (Å²) < 4.78 is 25.2. The van der Waals surface area contributed by atoms with Crippen LogP contribution in [0.4, 0.5) is 5.69 Å². The fourth-order valence-corrected chi connectivity index (χ4v) is 5.01. The third kappa shape index (κ3) is 7.57. The lowest BCUT2D eigenvalue weighted by Crippen LogP contribution is -2.40. The highest BCUT2D eigenvalue weighted by molar-refractivity contribution is 7.98. The van der Waals surface area contributed by atoms with Gasteiger partial charge in [-0.05, 0) is 35.9 Å². The van der Waals surface area contributed by atoms with Gasteiger partial charge in [-0.1, -0.05) is 59.1 Å². The molecular weight excluding hydrogens is 475 g/mol. The molecule has 158 valence electrons. The van der Waals surface area contributed by atoms with Gasteiger partial charge in [-0.2, -0.15) is 11.8 Å². The molecule has 29 heavy (non-hydrogen) atoms. The van der Waals surface area contributed by atoms with Crippen LogP contribution in [0.3, 0.4) is 0 Å². The first-order valence-electron chi connectivity index (χ1n) is 8.69. The molecule has 5 nitrogen and oxygen atoms in total. The molecule has 0 aliphatic heterocycles. The minimum atomic E-state index is -3.71. The molecule has 0 aliphatic rings. The van der Waals surface area contributed by atoms with Crippen molar-refractivity contribution in [1.82, 2.24) is 5.32 Å². The number of rotatable bonds is 10. The first kappa shape index (κ1) is 24.2. The number of amides is 1. The van der Waals surface area contributed by atoms with Gasteiger partial charge < -0.3 is 5.32 Å². The molecule has 1 amide bonds. The summed E-state index contributed by atoms with van der Waals surface area (Å²) >= 11 is 19.9. The highest BCUT2D eigenvalue weighted by Crippen LogP contribution is 2.33. The molecule has 0 radical (unpaired) electrons. The Morgan fingerprint density at radius 3 is 2.45 bits per heavy atom. The van der Waals surface area contributed by atoms with E-state index >= 15 is 0 Å². The summed E-state index contributed by atoms with van der Waals surface area (Å²) in [6.45, 7) is 0.0703. The lowest BCUT2D eigenvalue weighted by atomic mass is 10.2. The standard InChI is InChI=1S/C19H21Cl3N2O3S2/c1-29(26,27)24(17-9-4-8-16(21)19(17)22)12-18(25)23-10-5-11-28-13-14-6-2-3-7-15(14)20/h2-4,6-9H,5,10-13H2,1H3,(H,23,25). The maximum atomic E-state index is 12.3.